The molecule has 9 N–H and O–H groups in total. The third-order valence-corrected chi connectivity index (χ3v) is 6.33. The Hall–Kier alpha value is -0.760. The van der Waals surface area contributed by atoms with E-state index >= 15 is 0 Å². The third kappa shape index (κ3) is 14.1. The topological polar surface area (TPSA) is 289 Å². The molecular weight excluding hydrogens is 438 g/mol. The lowest BCUT2D eigenvalue weighted by Crippen LogP contribution is -2.10. The third-order valence-electron chi connectivity index (χ3n) is 1.32. The summed E-state index contributed by atoms with van der Waals surface area (Å²) in [6.45, 7) is 0. The van der Waals surface area contributed by atoms with E-state index in [1.165, 1.54) is 12.3 Å². The van der Waals surface area contributed by atoms with Crippen molar-refractivity contribution in [2.45, 2.75) is 0 Å². The quantitative estimate of drug-likeness (QED) is 0.236. The maximum absolute atomic E-state index is 10.7. The summed E-state index contributed by atoms with van der Waals surface area (Å²) >= 11 is 0. The van der Waals surface area contributed by atoms with Gasteiger partial charge in [0.1, 0.15) is 5.82 Å². The van der Waals surface area contributed by atoms with Crippen LogP contribution >= 0.6 is 31.3 Å². The fourth-order valence-electron chi connectivity index (χ4n) is 0.812. The Morgan fingerprint density at radius 3 is 1.52 bits per heavy atom. The van der Waals surface area contributed by atoms with Gasteiger partial charge >= 0.3 is 37.0 Å². The molecule has 2 atom stereocenters. The molecule has 0 amide bonds. The van der Waals surface area contributed by atoms with E-state index in [1.807, 2.05) is 0 Å². The number of hydrogen-bond donors (Lipinski definition) is 8. The van der Waals surface area contributed by atoms with Crippen LogP contribution in [0.15, 0.2) is 17.1 Å². The van der Waals surface area contributed by atoms with Crippen molar-refractivity contribution in [1.82, 2.24) is 9.97 Å². The molecule has 25 heavy (non-hydrogen) atoms. The molecule has 0 aliphatic rings. The lowest BCUT2D eigenvalue weighted by atomic mass is 10.6. The van der Waals surface area contributed by atoms with Gasteiger partial charge in [-0.2, -0.15) is 12.9 Å². The average molecular weight is 449 g/mol. The van der Waals surface area contributed by atoms with Crippen LogP contribution < -0.4 is 11.4 Å². The van der Waals surface area contributed by atoms with Crippen molar-refractivity contribution in [3.63, 3.8) is 0 Å². The van der Waals surface area contributed by atoms with Gasteiger partial charge in [-0.3, -0.25) is 4.98 Å². The lowest BCUT2D eigenvalue weighted by molar-refractivity contribution is 0.194. The van der Waals surface area contributed by atoms with Crippen LogP contribution in [0, 0.1) is 0 Å². The predicted molar refractivity (Wildman–Crippen MR) is 76.3 cm³/mol. The molecule has 17 nitrogen and oxygen atoms in total. The maximum atomic E-state index is 10.7. The number of nitrogens with zero attached hydrogens (tertiary/aromatic N) is 1. The Kier molecular flexibility index (Phi) is 8.49. The Labute approximate surface area is 137 Å². The fraction of sp³-hybridized carbons (Fsp3) is 0. The van der Waals surface area contributed by atoms with Crippen LogP contribution in [0.3, 0.4) is 0 Å². The molecule has 21 heteroatoms. The first-order chi connectivity index (χ1) is 10.9. The van der Waals surface area contributed by atoms with Gasteiger partial charge in [0.25, 0.3) is 0 Å². The van der Waals surface area contributed by atoms with E-state index in [0.717, 1.165) is 0 Å². The summed E-state index contributed by atoms with van der Waals surface area (Å²) in [6.07, 6.45) is 1.36. The van der Waals surface area contributed by atoms with E-state index in [4.69, 9.17) is 35.1 Å². The second-order valence-electron chi connectivity index (χ2n) is 3.49. The highest BCUT2D eigenvalue weighted by Crippen LogP contribution is 2.69. The van der Waals surface area contributed by atoms with Gasteiger partial charge in [0.05, 0.1) is 0 Å². The zero-order chi connectivity index (χ0) is 20.1. The van der Waals surface area contributed by atoms with Crippen LogP contribution in [0.25, 0.3) is 0 Å². The molecule has 146 valence electrons. The average Bonchev–Trinajstić information content (AvgIpc) is 2.18. The highest BCUT2D eigenvalue weighted by molar-refractivity contribution is 7.69. The molecule has 0 spiro atoms. The summed E-state index contributed by atoms with van der Waals surface area (Å²) in [7, 11) is -22.6. The molecule has 1 heterocycles. The number of phosphoric acid groups is 4. The maximum Gasteiger partial charge on any atom is 0.490 e. The van der Waals surface area contributed by atoms with Crippen molar-refractivity contribution in [2.75, 3.05) is 5.73 Å². The number of rotatable bonds is 6. The number of nitrogen functional groups attached to an aromatic ring is 1. The van der Waals surface area contributed by atoms with Gasteiger partial charge in [-0.1, -0.05) is 0 Å². The van der Waals surface area contributed by atoms with Crippen molar-refractivity contribution >= 4 is 37.1 Å². The normalized spacial score (nSPS) is 16.9. The Morgan fingerprint density at radius 1 is 0.880 bits per heavy atom. The van der Waals surface area contributed by atoms with E-state index in [0.29, 0.717) is 5.82 Å². The van der Waals surface area contributed by atoms with Crippen LogP contribution in [-0.2, 0) is 31.2 Å². The van der Waals surface area contributed by atoms with Crippen LogP contribution in [0.5, 0.6) is 0 Å². The van der Waals surface area contributed by atoms with Gasteiger partial charge in [0, 0.05) is 6.20 Å². The zero-order valence-corrected chi connectivity index (χ0v) is 15.0. The highest BCUT2D eigenvalue weighted by Gasteiger charge is 2.43. The molecule has 0 radical (unpaired) electrons. The minimum Gasteiger partial charge on any atom is -0.385 e. The van der Waals surface area contributed by atoms with Gasteiger partial charge in [0.15, 0.2) is 0 Å². The van der Waals surface area contributed by atoms with Gasteiger partial charge in [-0.05, 0) is 6.07 Å². The van der Waals surface area contributed by atoms with Crippen LogP contribution in [-0.4, -0.2) is 39.3 Å². The summed E-state index contributed by atoms with van der Waals surface area (Å²) in [5, 5.41) is 0. The van der Waals surface area contributed by atoms with Crippen LogP contribution in [0.1, 0.15) is 0 Å². The van der Waals surface area contributed by atoms with Crippen molar-refractivity contribution in [3.8, 4) is 0 Å². The van der Waals surface area contributed by atoms with Gasteiger partial charge in [0.2, 0.25) is 0 Å². The monoisotopic (exact) mass is 449 g/mol. The van der Waals surface area contributed by atoms with Crippen molar-refractivity contribution in [1.29, 1.82) is 0 Å². The minimum atomic E-state index is -5.77. The number of aromatic amines is 1. The zero-order valence-electron chi connectivity index (χ0n) is 11.4. The van der Waals surface area contributed by atoms with Crippen LogP contribution in [0.4, 0.5) is 5.82 Å². The second-order valence-corrected chi connectivity index (χ2v) is 9.29. The molecule has 0 fully saturated rings. The van der Waals surface area contributed by atoms with E-state index < -0.39 is 37.0 Å². The first-order valence-corrected chi connectivity index (χ1v) is 11.2. The number of hydrogen-bond acceptors (Lipinski definition) is 10. The number of nitrogens with two attached hydrogens (primary N) is 1. The highest BCUT2D eigenvalue weighted by atomic mass is 31.3. The standard InChI is InChI=1S/C4H5N3O.H6O13P4/c5-3-1-2-6-4(8)7-3;1-14(2,3)11-16(7,8)13-17(9,10)12-15(4,5)6/h1-2H,(H3,5,6,7,8);(H,7,8)(H,9,10)(H2,1,2,3)(H2,4,5,6). The van der Waals surface area contributed by atoms with Crippen LogP contribution in [0.2, 0.25) is 0 Å². The molecule has 1 rings (SSSR count). The number of nitrogens with one attached hydrogen (secondary N) is 1. The van der Waals surface area contributed by atoms with Crippen molar-refractivity contribution in [3.05, 3.63) is 22.7 Å². The lowest BCUT2D eigenvalue weighted by Gasteiger charge is -2.15. The van der Waals surface area contributed by atoms with E-state index in [9.17, 15) is 23.1 Å². The first-order valence-electron chi connectivity index (χ1n) is 5.12. The molecule has 0 saturated heterocycles. The Bertz CT molecular complexity index is 779. The molecule has 0 aliphatic carbocycles. The molecule has 1 aromatic heterocycles. The smallest absolute Gasteiger partial charge is 0.385 e. The SMILES string of the molecule is Nc1ccnc(=O)[nH]1.O=P(O)(O)OP(=O)(O)OP(=O)(O)OP(=O)(O)O. The minimum absolute atomic E-state index is 0.338. The Balaban J connectivity index is 0.000000593. The van der Waals surface area contributed by atoms with E-state index in [1.54, 1.807) is 0 Å². The molecule has 1 aromatic rings. The molecule has 2 unspecified atom stereocenters. The van der Waals surface area contributed by atoms with E-state index in [-0.39, 0.29) is 0 Å². The number of anilines is 1. The number of aromatic nitrogens is 2. The van der Waals surface area contributed by atoms with Gasteiger partial charge < -0.3 is 35.1 Å². The molecule has 0 aromatic carbocycles. The fourth-order valence-corrected chi connectivity index (χ4v) is 4.78. The number of H-pyrrole nitrogens is 1. The summed E-state index contributed by atoms with van der Waals surface area (Å²) in [5.41, 5.74) is 4.75. The van der Waals surface area contributed by atoms with Crippen molar-refractivity contribution < 1.29 is 60.6 Å². The molecule has 0 aliphatic heterocycles. The molecular formula is C4H11N3O14P4. The first kappa shape index (κ1) is 24.2. The summed E-state index contributed by atoms with van der Waals surface area (Å²) in [6, 6.07) is 1.52. The van der Waals surface area contributed by atoms with Crippen molar-refractivity contribution in [2.24, 2.45) is 0 Å². The largest absolute Gasteiger partial charge is 0.490 e. The second kappa shape index (κ2) is 8.75. The van der Waals surface area contributed by atoms with Gasteiger partial charge in [-0.25, -0.2) is 28.0 Å². The van der Waals surface area contributed by atoms with Gasteiger partial charge in [-0.15, -0.1) is 0 Å². The summed E-state index contributed by atoms with van der Waals surface area (Å²) in [5.74, 6) is 0.338. The summed E-state index contributed by atoms with van der Waals surface area (Å²) in [4.78, 5) is 65.3. The van der Waals surface area contributed by atoms with E-state index in [2.05, 4.69) is 22.9 Å². The predicted octanol–water partition coefficient (Wildman–Crippen LogP) is -1.23. The molecule has 0 bridgehead atoms. The molecule has 0 saturated carbocycles. The summed E-state index contributed by atoms with van der Waals surface area (Å²) < 4.78 is 50.9. The Morgan fingerprint density at radius 2 is 1.28 bits per heavy atom.